The largest absolute Gasteiger partial charge is 0.491 e. The second kappa shape index (κ2) is 34.9. The molecule has 0 aliphatic carbocycles. The number of para-hydroxylation sites is 1. The maximum absolute atomic E-state index is 10.3. The summed E-state index contributed by atoms with van der Waals surface area (Å²) in [6.45, 7) is 10.9. The van der Waals surface area contributed by atoms with E-state index in [2.05, 4.69) is 0 Å². The van der Waals surface area contributed by atoms with Crippen molar-refractivity contribution in [1.82, 2.24) is 0 Å². The van der Waals surface area contributed by atoms with Crippen LogP contribution in [0, 0.1) is 0 Å². The fourth-order valence-corrected chi connectivity index (χ4v) is 3.20. The van der Waals surface area contributed by atoms with E-state index < -0.39 is 5.97 Å². The zero-order valence-electron chi connectivity index (χ0n) is 26.6. The lowest BCUT2D eigenvalue weighted by Crippen LogP contribution is -2.15. The SMILES string of the molecule is O=C(O)CCOCCOCCOCCOCCOCCOCCOCCOCCOCCOCCOCCOc1ccccc1. The number of rotatable bonds is 37. The van der Waals surface area contributed by atoms with Crippen molar-refractivity contribution in [2.24, 2.45) is 0 Å². The lowest BCUT2D eigenvalue weighted by atomic mass is 10.3. The maximum atomic E-state index is 10.3. The van der Waals surface area contributed by atoms with Gasteiger partial charge in [0, 0.05) is 0 Å². The molecule has 0 amide bonds. The molecular weight excluding hydrogens is 596 g/mol. The summed E-state index contributed by atoms with van der Waals surface area (Å²) >= 11 is 0. The quantitative estimate of drug-likeness (QED) is 0.104. The Morgan fingerprint density at radius 2 is 0.622 bits per heavy atom. The summed E-state index contributed by atoms with van der Waals surface area (Å²) in [6.07, 6.45) is -0.00233. The van der Waals surface area contributed by atoms with Gasteiger partial charge in [-0.25, -0.2) is 0 Å². The number of aliphatic carboxylic acids is 1. The van der Waals surface area contributed by atoms with Crippen LogP contribution in [0.3, 0.4) is 0 Å². The molecule has 0 spiro atoms. The molecule has 0 fully saturated rings. The molecule has 1 rings (SSSR count). The summed E-state index contributed by atoms with van der Waals surface area (Å²) in [4.78, 5) is 10.3. The third-order valence-corrected chi connectivity index (χ3v) is 5.42. The molecule has 0 aliphatic rings. The Kier molecular flexibility index (Phi) is 31.9. The van der Waals surface area contributed by atoms with Gasteiger partial charge in [0.1, 0.15) is 12.4 Å². The predicted octanol–water partition coefficient (Wildman–Crippen LogP) is 1.72. The monoisotopic (exact) mass is 650 g/mol. The Bertz CT molecular complexity index is 728. The van der Waals surface area contributed by atoms with Crippen LogP contribution in [-0.4, -0.2) is 163 Å². The summed E-state index contributed by atoms with van der Waals surface area (Å²) in [5.41, 5.74) is 0. The second-order valence-electron chi connectivity index (χ2n) is 9.04. The molecular formula is C31H54O14. The second-order valence-corrected chi connectivity index (χ2v) is 9.04. The predicted molar refractivity (Wildman–Crippen MR) is 163 cm³/mol. The highest BCUT2D eigenvalue weighted by Crippen LogP contribution is 2.07. The van der Waals surface area contributed by atoms with Crippen LogP contribution < -0.4 is 4.74 Å². The van der Waals surface area contributed by atoms with E-state index in [9.17, 15) is 4.79 Å². The topological polar surface area (TPSA) is 148 Å². The highest BCUT2D eigenvalue weighted by molar-refractivity contribution is 5.66. The third kappa shape index (κ3) is 33.2. The van der Waals surface area contributed by atoms with Crippen LogP contribution in [0.1, 0.15) is 6.42 Å². The zero-order valence-corrected chi connectivity index (χ0v) is 26.6. The Labute approximate surface area is 267 Å². The van der Waals surface area contributed by atoms with E-state index in [1.807, 2.05) is 30.3 Å². The molecule has 14 heteroatoms. The van der Waals surface area contributed by atoms with Gasteiger partial charge in [0.2, 0.25) is 0 Å². The molecule has 1 N–H and O–H groups in total. The first-order valence-electron chi connectivity index (χ1n) is 15.5. The van der Waals surface area contributed by atoms with E-state index in [4.69, 9.17) is 61.9 Å². The van der Waals surface area contributed by atoms with Gasteiger partial charge in [0.25, 0.3) is 0 Å². The molecule has 0 aromatic heterocycles. The molecule has 0 aliphatic heterocycles. The molecule has 0 bridgehead atoms. The normalized spacial score (nSPS) is 11.3. The fourth-order valence-electron chi connectivity index (χ4n) is 3.20. The highest BCUT2D eigenvalue weighted by atomic mass is 16.6. The van der Waals surface area contributed by atoms with E-state index in [-0.39, 0.29) is 13.0 Å². The fraction of sp³-hybridized carbons (Fsp3) is 0.774. The van der Waals surface area contributed by atoms with Crippen molar-refractivity contribution in [1.29, 1.82) is 0 Å². The van der Waals surface area contributed by atoms with Crippen molar-refractivity contribution in [3.8, 4) is 5.75 Å². The molecule has 0 radical (unpaired) electrons. The zero-order chi connectivity index (χ0) is 32.1. The first-order chi connectivity index (χ1) is 22.3. The Balaban J connectivity index is 1.61. The third-order valence-electron chi connectivity index (χ3n) is 5.42. The van der Waals surface area contributed by atoms with Gasteiger partial charge in [0.05, 0.1) is 152 Å². The molecule has 262 valence electrons. The van der Waals surface area contributed by atoms with Crippen LogP contribution >= 0.6 is 0 Å². The minimum atomic E-state index is -0.874. The van der Waals surface area contributed by atoms with Crippen molar-refractivity contribution in [3.05, 3.63) is 30.3 Å². The van der Waals surface area contributed by atoms with Gasteiger partial charge in [0.15, 0.2) is 0 Å². The van der Waals surface area contributed by atoms with Crippen LogP contribution in [0.4, 0.5) is 0 Å². The minimum Gasteiger partial charge on any atom is -0.491 e. The summed E-state index contributed by atoms with van der Waals surface area (Å²) < 4.78 is 65.0. The van der Waals surface area contributed by atoms with Crippen LogP contribution in [0.25, 0.3) is 0 Å². The number of carbonyl (C=O) groups is 1. The van der Waals surface area contributed by atoms with Crippen LogP contribution in [0.15, 0.2) is 30.3 Å². The number of hydrogen-bond acceptors (Lipinski definition) is 13. The summed E-state index contributed by atoms with van der Waals surface area (Å²) in [6, 6.07) is 9.65. The molecule has 45 heavy (non-hydrogen) atoms. The van der Waals surface area contributed by atoms with E-state index >= 15 is 0 Å². The van der Waals surface area contributed by atoms with Crippen molar-refractivity contribution in [3.63, 3.8) is 0 Å². The van der Waals surface area contributed by atoms with E-state index in [1.165, 1.54) is 0 Å². The van der Waals surface area contributed by atoms with E-state index in [0.29, 0.717) is 145 Å². The van der Waals surface area contributed by atoms with Crippen molar-refractivity contribution < 1.29 is 66.7 Å². The van der Waals surface area contributed by atoms with Crippen LogP contribution in [-0.2, 0) is 56.9 Å². The molecule has 1 aromatic rings. The molecule has 14 nitrogen and oxygen atoms in total. The van der Waals surface area contributed by atoms with Gasteiger partial charge in [-0.05, 0) is 12.1 Å². The van der Waals surface area contributed by atoms with Gasteiger partial charge in [-0.2, -0.15) is 0 Å². The number of ether oxygens (including phenoxy) is 12. The molecule has 0 saturated heterocycles. The van der Waals surface area contributed by atoms with Crippen LogP contribution in [0.5, 0.6) is 5.75 Å². The molecule has 0 saturated carbocycles. The van der Waals surface area contributed by atoms with Crippen molar-refractivity contribution in [2.75, 3.05) is 152 Å². The average Bonchev–Trinajstić information content (AvgIpc) is 3.05. The Morgan fingerprint density at radius 1 is 0.378 bits per heavy atom. The summed E-state index contributed by atoms with van der Waals surface area (Å²) in [7, 11) is 0. The average molecular weight is 651 g/mol. The van der Waals surface area contributed by atoms with Gasteiger partial charge in [-0.1, -0.05) is 18.2 Å². The minimum absolute atomic E-state index is 0.00233. The van der Waals surface area contributed by atoms with E-state index in [1.54, 1.807) is 0 Å². The van der Waals surface area contributed by atoms with Gasteiger partial charge < -0.3 is 61.9 Å². The van der Waals surface area contributed by atoms with Gasteiger partial charge in [-0.15, -0.1) is 0 Å². The van der Waals surface area contributed by atoms with Gasteiger partial charge >= 0.3 is 5.97 Å². The number of carboxylic acids is 1. The lowest BCUT2D eigenvalue weighted by Gasteiger charge is -2.09. The molecule has 0 heterocycles. The summed E-state index contributed by atoms with van der Waals surface area (Å²) in [5, 5.41) is 8.48. The smallest absolute Gasteiger partial charge is 0.305 e. The van der Waals surface area contributed by atoms with Gasteiger partial charge in [-0.3, -0.25) is 4.79 Å². The first-order valence-corrected chi connectivity index (χ1v) is 15.5. The Hall–Kier alpha value is -1.95. The first kappa shape index (κ1) is 41.1. The number of hydrogen-bond donors (Lipinski definition) is 1. The molecule has 0 unspecified atom stereocenters. The maximum Gasteiger partial charge on any atom is 0.305 e. The molecule has 0 atom stereocenters. The highest BCUT2D eigenvalue weighted by Gasteiger charge is 1.98. The van der Waals surface area contributed by atoms with Crippen molar-refractivity contribution >= 4 is 5.97 Å². The van der Waals surface area contributed by atoms with E-state index in [0.717, 1.165) is 5.75 Å². The van der Waals surface area contributed by atoms with Crippen molar-refractivity contribution in [2.45, 2.75) is 6.42 Å². The number of benzene rings is 1. The number of carboxylic acid groups (broad SMARTS) is 1. The van der Waals surface area contributed by atoms with Crippen LogP contribution in [0.2, 0.25) is 0 Å². The molecule has 1 aromatic carbocycles. The Morgan fingerprint density at radius 3 is 0.889 bits per heavy atom. The lowest BCUT2D eigenvalue weighted by molar-refractivity contribution is -0.138. The standard InChI is InChI=1S/C31H54O14/c32-31(33)6-7-34-8-9-35-10-11-36-12-13-37-14-15-38-16-17-39-18-19-40-20-21-41-22-23-42-24-25-43-26-27-44-28-29-45-30-4-2-1-3-5-30/h1-5H,6-29H2,(H,32,33). The summed E-state index contributed by atoms with van der Waals surface area (Å²) in [5.74, 6) is -0.0350.